The Bertz CT molecular complexity index is 378. The highest BCUT2D eigenvalue weighted by molar-refractivity contribution is 6.59. The normalized spacial score (nSPS) is 9.57. The van der Waals surface area contributed by atoms with Gasteiger partial charge < -0.3 is 10.0 Å². The number of benzene rings is 1. The summed E-state index contributed by atoms with van der Waals surface area (Å²) < 4.78 is 0. The summed E-state index contributed by atoms with van der Waals surface area (Å²) in [5.41, 5.74) is 0.0206. The Morgan fingerprint density at radius 2 is 2.14 bits per heavy atom. The fourth-order valence-electron chi connectivity index (χ4n) is 1.18. The van der Waals surface area contributed by atoms with Crippen LogP contribution in [0.15, 0.2) is 24.8 Å². The Labute approximate surface area is 80.6 Å². The molecule has 0 fully saturated rings. The third-order valence-corrected chi connectivity index (χ3v) is 1.80. The summed E-state index contributed by atoms with van der Waals surface area (Å²) in [7, 11) is -1.73. The zero-order chi connectivity index (χ0) is 10.7. The Balaban J connectivity index is 3.39. The zero-order valence-electron chi connectivity index (χ0n) is 7.25. The first-order chi connectivity index (χ1) is 6.57. The van der Waals surface area contributed by atoms with Crippen LogP contribution in [0, 0.1) is 10.1 Å². The Hall–Kier alpha value is -1.66. The zero-order valence-corrected chi connectivity index (χ0v) is 7.25. The van der Waals surface area contributed by atoms with Crippen molar-refractivity contribution in [2.24, 2.45) is 0 Å². The minimum Gasteiger partial charge on any atom is -0.423 e. The van der Waals surface area contributed by atoms with Crippen molar-refractivity contribution in [1.29, 1.82) is 0 Å². The number of hydrogen-bond donors (Lipinski definition) is 2. The highest BCUT2D eigenvalue weighted by atomic mass is 16.6. The van der Waals surface area contributed by atoms with Crippen LogP contribution in [0.1, 0.15) is 5.56 Å². The highest BCUT2D eigenvalue weighted by Crippen LogP contribution is 2.16. The molecule has 0 radical (unpaired) electrons. The first kappa shape index (κ1) is 10.4. The SMILES string of the molecule is C=Cc1c(B(O)O)cccc1[N+](=O)[O-]. The summed E-state index contributed by atoms with van der Waals surface area (Å²) in [6, 6.07) is 4.07. The van der Waals surface area contributed by atoms with E-state index in [1.807, 2.05) is 0 Å². The minimum atomic E-state index is -1.73. The molecular formula is C8H8BNO4. The lowest BCUT2D eigenvalue weighted by molar-refractivity contribution is -0.385. The third-order valence-electron chi connectivity index (χ3n) is 1.80. The Morgan fingerprint density at radius 1 is 1.50 bits per heavy atom. The van der Waals surface area contributed by atoms with Crippen molar-refractivity contribution >= 4 is 24.3 Å². The summed E-state index contributed by atoms with van der Waals surface area (Å²) in [4.78, 5) is 9.96. The van der Waals surface area contributed by atoms with Crippen LogP contribution in [0.25, 0.3) is 6.08 Å². The lowest BCUT2D eigenvalue weighted by atomic mass is 9.76. The summed E-state index contributed by atoms with van der Waals surface area (Å²) in [5, 5.41) is 28.4. The second kappa shape index (κ2) is 4.04. The Kier molecular flexibility index (Phi) is 3.01. The monoisotopic (exact) mass is 193 g/mol. The van der Waals surface area contributed by atoms with Crippen molar-refractivity contribution < 1.29 is 15.0 Å². The van der Waals surface area contributed by atoms with Crippen LogP contribution in [-0.4, -0.2) is 22.1 Å². The van der Waals surface area contributed by atoms with Gasteiger partial charge in [-0.1, -0.05) is 24.8 Å². The molecule has 0 aliphatic heterocycles. The van der Waals surface area contributed by atoms with Crippen LogP contribution < -0.4 is 5.46 Å². The van der Waals surface area contributed by atoms with Gasteiger partial charge in [-0.05, 0) is 5.46 Å². The first-order valence-electron chi connectivity index (χ1n) is 3.83. The largest absolute Gasteiger partial charge is 0.489 e. The molecule has 0 heterocycles. The van der Waals surface area contributed by atoms with E-state index < -0.39 is 12.0 Å². The van der Waals surface area contributed by atoms with Gasteiger partial charge in [-0.15, -0.1) is 0 Å². The van der Waals surface area contributed by atoms with Gasteiger partial charge in [-0.3, -0.25) is 10.1 Å². The number of nitro benzene ring substituents is 1. The fraction of sp³-hybridized carbons (Fsp3) is 0. The average Bonchev–Trinajstić information content (AvgIpc) is 2.16. The fourth-order valence-corrected chi connectivity index (χ4v) is 1.18. The number of rotatable bonds is 3. The summed E-state index contributed by atoms with van der Waals surface area (Å²) >= 11 is 0. The molecule has 0 unspecified atom stereocenters. The molecule has 14 heavy (non-hydrogen) atoms. The van der Waals surface area contributed by atoms with Crippen LogP contribution in [-0.2, 0) is 0 Å². The van der Waals surface area contributed by atoms with Gasteiger partial charge in [0.2, 0.25) is 0 Å². The van der Waals surface area contributed by atoms with E-state index in [-0.39, 0.29) is 16.7 Å². The van der Waals surface area contributed by atoms with Crippen molar-refractivity contribution in [2.75, 3.05) is 0 Å². The molecular weight excluding hydrogens is 185 g/mol. The van der Waals surface area contributed by atoms with Crippen LogP contribution in [0.4, 0.5) is 5.69 Å². The molecule has 0 amide bonds. The van der Waals surface area contributed by atoms with Gasteiger partial charge >= 0.3 is 7.12 Å². The lowest BCUT2D eigenvalue weighted by Crippen LogP contribution is -2.32. The molecule has 0 saturated carbocycles. The smallest absolute Gasteiger partial charge is 0.423 e. The van der Waals surface area contributed by atoms with Gasteiger partial charge in [-0.25, -0.2) is 0 Å². The van der Waals surface area contributed by atoms with Crippen LogP contribution in [0.2, 0.25) is 0 Å². The predicted molar refractivity (Wildman–Crippen MR) is 53.0 cm³/mol. The molecule has 72 valence electrons. The number of nitrogens with zero attached hydrogens (tertiary/aromatic N) is 1. The van der Waals surface area contributed by atoms with Crippen LogP contribution >= 0.6 is 0 Å². The molecule has 5 nitrogen and oxygen atoms in total. The molecule has 0 aliphatic carbocycles. The van der Waals surface area contributed by atoms with E-state index >= 15 is 0 Å². The minimum absolute atomic E-state index is 0.0780. The maximum Gasteiger partial charge on any atom is 0.489 e. The molecule has 0 spiro atoms. The summed E-state index contributed by atoms with van der Waals surface area (Å²) in [5.74, 6) is 0. The Morgan fingerprint density at radius 3 is 2.57 bits per heavy atom. The van der Waals surface area contributed by atoms with Gasteiger partial charge in [0, 0.05) is 6.07 Å². The molecule has 0 aliphatic rings. The highest BCUT2D eigenvalue weighted by Gasteiger charge is 2.21. The van der Waals surface area contributed by atoms with E-state index in [1.54, 1.807) is 0 Å². The van der Waals surface area contributed by atoms with E-state index in [1.165, 1.54) is 24.3 Å². The number of nitro groups is 1. The maximum atomic E-state index is 10.5. The van der Waals surface area contributed by atoms with E-state index in [0.29, 0.717) is 0 Å². The van der Waals surface area contributed by atoms with E-state index in [4.69, 9.17) is 10.0 Å². The molecule has 0 saturated heterocycles. The molecule has 6 heteroatoms. The molecule has 0 atom stereocenters. The topological polar surface area (TPSA) is 83.6 Å². The van der Waals surface area contributed by atoms with Crippen molar-refractivity contribution in [3.05, 3.63) is 40.5 Å². The van der Waals surface area contributed by atoms with E-state index in [2.05, 4.69) is 6.58 Å². The van der Waals surface area contributed by atoms with Crippen molar-refractivity contribution in [3.8, 4) is 0 Å². The molecule has 1 aromatic carbocycles. The van der Waals surface area contributed by atoms with Crippen LogP contribution in [0.3, 0.4) is 0 Å². The average molecular weight is 193 g/mol. The molecule has 1 rings (SSSR count). The second-order valence-electron chi connectivity index (χ2n) is 2.61. The maximum absolute atomic E-state index is 10.5. The summed E-state index contributed by atoms with van der Waals surface area (Å²) in [6.45, 7) is 3.39. The molecule has 0 bridgehead atoms. The van der Waals surface area contributed by atoms with Gasteiger partial charge in [0.1, 0.15) is 0 Å². The molecule has 1 aromatic rings. The van der Waals surface area contributed by atoms with E-state index in [0.717, 1.165) is 0 Å². The van der Waals surface area contributed by atoms with E-state index in [9.17, 15) is 10.1 Å². The van der Waals surface area contributed by atoms with Crippen molar-refractivity contribution in [1.82, 2.24) is 0 Å². The second-order valence-corrected chi connectivity index (χ2v) is 2.61. The van der Waals surface area contributed by atoms with Crippen LogP contribution in [0.5, 0.6) is 0 Å². The third kappa shape index (κ3) is 1.81. The summed E-state index contributed by atoms with van der Waals surface area (Å²) in [6.07, 6.45) is 1.23. The molecule has 0 aromatic heterocycles. The van der Waals surface area contributed by atoms with Crippen molar-refractivity contribution in [3.63, 3.8) is 0 Å². The standard InChI is InChI=1S/C8H8BNO4/c1-2-6-7(9(11)12)4-3-5-8(6)10(13)14/h2-5,11-12H,1H2. The van der Waals surface area contributed by atoms with Gasteiger partial charge in [0.05, 0.1) is 10.5 Å². The van der Waals surface area contributed by atoms with Gasteiger partial charge in [0.15, 0.2) is 0 Å². The van der Waals surface area contributed by atoms with Crippen molar-refractivity contribution in [2.45, 2.75) is 0 Å². The van der Waals surface area contributed by atoms with Gasteiger partial charge in [0.25, 0.3) is 5.69 Å². The first-order valence-corrected chi connectivity index (χ1v) is 3.83. The quantitative estimate of drug-likeness (QED) is 0.399. The molecule has 2 N–H and O–H groups in total. The predicted octanol–water partition coefficient (Wildman–Crippen LogP) is -0.0824. The van der Waals surface area contributed by atoms with Gasteiger partial charge in [-0.2, -0.15) is 0 Å². The number of hydrogen-bond acceptors (Lipinski definition) is 4. The lowest BCUT2D eigenvalue weighted by Gasteiger charge is -2.04.